The molecule has 0 aromatic heterocycles. The van der Waals surface area contributed by atoms with Crippen LogP contribution < -0.4 is 0 Å². The van der Waals surface area contributed by atoms with E-state index in [0.717, 1.165) is 38.5 Å². The topological polar surface area (TPSA) is 99.1 Å². The van der Waals surface area contributed by atoms with Gasteiger partial charge in [-0.3, -0.25) is 9.59 Å². The van der Waals surface area contributed by atoms with Crippen LogP contribution in [0.15, 0.2) is 48.6 Å². The van der Waals surface area contributed by atoms with Gasteiger partial charge in [0.1, 0.15) is 6.61 Å². The van der Waals surface area contributed by atoms with E-state index in [0.29, 0.717) is 19.3 Å². The first kappa shape index (κ1) is 61.3. The second kappa shape index (κ2) is 46.8. The number of carbonyl (C=O) groups excluding carboxylic acids is 2. The van der Waals surface area contributed by atoms with E-state index >= 15 is 0 Å². The Labute approximate surface area is 395 Å². The number of unbranched alkanes of at least 4 members (excludes halogenated alkanes) is 28. The van der Waals surface area contributed by atoms with Crippen molar-refractivity contribution < 1.29 is 38.2 Å². The van der Waals surface area contributed by atoms with Crippen molar-refractivity contribution in [1.29, 1.82) is 0 Å². The van der Waals surface area contributed by atoms with Gasteiger partial charge in [-0.25, -0.2) is 4.79 Å². The summed E-state index contributed by atoms with van der Waals surface area (Å²) >= 11 is 0. The number of hydrogen-bond acceptors (Lipinski definition) is 6. The summed E-state index contributed by atoms with van der Waals surface area (Å²) < 4.78 is 17.4. The number of carboxylic acids is 1. The van der Waals surface area contributed by atoms with E-state index in [1.807, 2.05) is 21.1 Å². The lowest BCUT2D eigenvalue weighted by molar-refractivity contribution is -0.887. The van der Waals surface area contributed by atoms with Gasteiger partial charge < -0.3 is 23.8 Å². The van der Waals surface area contributed by atoms with Crippen LogP contribution in [0.3, 0.4) is 0 Å². The fraction of sp³-hybridized carbons (Fsp3) is 0.804. The highest BCUT2D eigenvalue weighted by Crippen LogP contribution is 2.16. The molecule has 0 aromatic rings. The lowest BCUT2D eigenvalue weighted by Gasteiger charge is -2.31. The Balaban J connectivity index is 4.23. The molecule has 0 rings (SSSR count). The minimum Gasteiger partial charge on any atom is -0.477 e. The number of carbonyl (C=O) groups is 3. The number of likely N-dealkylation sites (N-methyl/N-ethyl adjacent to an activating group) is 1. The van der Waals surface area contributed by atoms with E-state index in [-0.39, 0.29) is 36.2 Å². The zero-order valence-corrected chi connectivity index (χ0v) is 42.5. The summed E-state index contributed by atoms with van der Waals surface area (Å²) in [5.41, 5.74) is 0. The average molecular weight is 901 g/mol. The molecule has 0 aliphatic rings. The summed E-state index contributed by atoms with van der Waals surface area (Å²) in [5, 5.41) is 9.66. The highest BCUT2D eigenvalue weighted by molar-refractivity contribution is 5.72. The number of allylic oxidation sites excluding steroid dienone is 8. The molecular weight excluding hydrogens is 799 g/mol. The highest BCUT2D eigenvalue weighted by atomic mass is 16.6. The van der Waals surface area contributed by atoms with E-state index in [2.05, 4.69) is 62.5 Å². The lowest BCUT2D eigenvalue weighted by atomic mass is 10.1. The molecule has 0 saturated carbocycles. The van der Waals surface area contributed by atoms with Gasteiger partial charge in [-0.2, -0.15) is 0 Å². The summed E-state index contributed by atoms with van der Waals surface area (Å²) in [6.07, 6.45) is 57.2. The van der Waals surface area contributed by atoms with Crippen LogP contribution in [-0.2, 0) is 28.6 Å². The maximum absolute atomic E-state index is 12.8. The zero-order chi connectivity index (χ0) is 47.0. The number of ether oxygens (including phenoxy) is 3. The standard InChI is InChI=1S/C56H101NO7/c1-6-8-10-12-14-16-18-20-22-24-26-28-30-32-34-36-38-40-42-44-46-54(58)63-51-52(50-62-49-48-53(56(60)61)57(3,4)5)64-55(59)47-45-43-41-39-37-35-33-31-29-27-25-23-21-19-17-15-13-11-9-7-2/h16-23,52-53H,6-15,24-51H2,1-5H3/p+1/b18-16+,19-17+,22-20+,23-21+. The molecule has 2 atom stereocenters. The molecule has 0 heterocycles. The SMILES string of the molecule is CCCCCC/C=C/C=C/CCCCCCCCCCCCC(=O)OCC(COCCC(C(=O)O)[N+](C)(C)C)OC(=O)CCCCCCCCCCCC/C=C/C=C/CCCCCC. The average Bonchev–Trinajstić information content (AvgIpc) is 3.26. The highest BCUT2D eigenvalue weighted by Gasteiger charge is 2.31. The van der Waals surface area contributed by atoms with Crippen molar-refractivity contribution in [2.24, 2.45) is 0 Å². The number of carboxylic acid groups (broad SMARTS) is 1. The Hall–Kier alpha value is -2.71. The molecule has 8 heteroatoms. The molecule has 0 spiro atoms. The Kier molecular flexibility index (Phi) is 44.8. The Morgan fingerprint density at radius 1 is 0.469 bits per heavy atom. The van der Waals surface area contributed by atoms with Crippen LogP contribution in [0.4, 0.5) is 0 Å². The fourth-order valence-electron chi connectivity index (χ4n) is 7.84. The van der Waals surface area contributed by atoms with Gasteiger partial charge in [0, 0.05) is 19.3 Å². The van der Waals surface area contributed by atoms with E-state index in [1.165, 1.54) is 167 Å². The Morgan fingerprint density at radius 3 is 1.17 bits per heavy atom. The Morgan fingerprint density at radius 2 is 0.812 bits per heavy atom. The van der Waals surface area contributed by atoms with Crippen molar-refractivity contribution in [3.8, 4) is 0 Å². The summed E-state index contributed by atoms with van der Waals surface area (Å²) in [4.78, 5) is 37.2. The van der Waals surface area contributed by atoms with Crippen molar-refractivity contribution in [3.05, 3.63) is 48.6 Å². The third kappa shape index (κ3) is 44.5. The van der Waals surface area contributed by atoms with Gasteiger partial charge in [0.05, 0.1) is 34.4 Å². The normalized spacial score (nSPS) is 13.2. The van der Waals surface area contributed by atoms with Gasteiger partial charge >= 0.3 is 17.9 Å². The van der Waals surface area contributed by atoms with Gasteiger partial charge in [-0.15, -0.1) is 0 Å². The first-order chi connectivity index (χ1) is 31.1. The lowest BCUT2D eigenvalue weighted by Crippen LogP contribution is -2.50. The minimum absolute atomic E-state index is 0.0535. The number of quaternary nitrogens is 1. The molecule has 0 amide bonds. The van der Waals surface area contributed by atoms with Gasteiger partial charge in [0.25, 0.3) is 0 Å². The van der Waals surface area contributed by atoms with Crippen LogP contribution in [0, 0.1) is 0 Å². The number of aliphatic carboxylic acids is 1. The van der Waals surface area contributed by atoms with Gasteiger partial charge in [-0.1, -0.05) is 204 Å². The molecule has 64 heavy (non-hydrogen) atoms. The first-order valence-electron chi connectivity index (χ1n) is 26.7. The van der Waals surface area contributed by atoms with E-state index in [4.69, 9.17) is 14.2 Å². The molecule has 2 unspecified atom stereocenters. The van der Waals surface area contributed by atoms with Gasteiger partial charge in [0.15, 0.2) is 12.1 Å². The summed E-state index contributed by atoms with van der Waals surface area (Å²) in [6, 6.07) is -0.617. The molecular formula is C56H102NO7+. The molecule has 1 N–H and O–H groups in total. The van der Waals surface area contributed by atoms with Crippen molar-refractivity contribution in [1.82, 2.24) is 0 Å². The quantitative estimate of drug-likeness (QED) is 0.0281. The Bertz CT molecular complexity index is 1190. The molecule has 0 aliphatic heterocycles. The van der Waals surface area contributed by atoms with Crippen molar-refractivity contribution in [2.45, 2.75) is 251 Å². The molecule has 0 aromatic carbocycles. The molecule has 0 radical (unpaired) electrons. The number of nitrogens with zero attached hydrogens (tertiary/aromatic N) is 1. The molecule has 0 fully saturated rings. The number of esters is 2. The predicted molar refractivity (Wildman–Crippen MR) is 271 cm³/mol. The van der Waals surface area contributed by atoms with Crippen molar-refractivity contribution >= 4 is 17.9 Å². The van der Waals surface area contributed by atoms with Gasteiger partial charge in [-0.05, 0) is 64.2 Å². The molecule has 0 aliphatic carbocycles. The monoisotopic (exact) mass is 901 g/mol. The smallest absolute Gasteiger partial charge is 0.362 e. The van der Waals surface area contributed by atoms with Crippen molar-refractivity contribution in [3.63, 3.8) is 0 Å². The maximum atomic E-state index is 12.8. The van der Waals surface area contributed by atoms with E-state index in [9.17, 15) is 19.5 Å². The third-order valence-corrected chi connectivity index (χ3v) is 12.0. The van der Waals surface area contributed by atoms with Crippen LogP contribution in [0.1, 0.15) is 239 Å². The van der Waals surface area contributed by atoms with Gasteiger partial charge in [0.2, 0.25) is 0 Å². The largest absolute Gasteiger partial charge is 0.477 e. The number of rotatable bonds is 48. The first-order valence-corrected chi connectivity index (χ1v) is 26.7. The van der Waals surface area contributed by atoms with Crippen molar-refractivity contribution in [2.75, 3.05) is 41.0 Å². The second-order valence-electron chi connectivity index (χ2n) is 19.2. The zero-order valence-electron chi connectivity index (χ0n) is 42.5. The molecule has 0 saturated heterocycles. The van der Waals surface area contributed by atoms with Crippen LogP contribution in [-0.4, -0.2) is 80.6 Å². The van der Waals surface area contributed by atoms with E-state index < -0.39 is 18.1 Å². The van der Waals surface area contributed by atoms with Crippen LogP contribution in [0.25, 0.3) is 0 Å². The fourth-order valence-corrected chi connectivity index (χ4v) is 7.84. The summed E-state index contributed by atoms with van der Waals surface area (Å²) in [6.45, 7) is 4.72. The maximum Gasteiger partial charge on any atom is 0.362 e. The number of hydrogen-bond donors (Lipinski definition) is 1. The predicted octanol–water partition coefficient (Wildman–Crippen LogP) is 15.5. The molecule has 372 valence electrons. The van der Waals surface area contributed by atoms with E-state index in [1.54, 1.807) is 0 Å². The second-order valence-corrected chi connectivity index (χ2v) is 19.2. The molecule has 8 nitrogen and oxygen atoms in total. The van der Waals surface area contributed by atoms with Crippen LogP contribution >= 0.6 is 0 Å². The third-order valence-electron chi connectivity index (χ3n) is 12.0. The summed E-state index contributed by atoms with van der Waals surface area (Å²) in [5.74, 6) is -1.47. The van der Waals surface area contributed by atoms with Crippen LogP contribution in [0.2, 0.25) is 0 Å². The minimum atomic E-state index is -0.875. The van der Waals surface area contributed by atoms with Crippen LogP contribution in [0.5, 0.6) is 0 Å². The molecule has 0 bridgehead atoms. The summed E-state index contributed by atoms with van der Waals surface area (Å²) in [7, 11) is 5.54.